The third-order valence-corrected chi connectivity index (χ3v) is 4.02. The third kappa shape index (κ3) is 3.54. The van der Waals surface area contributed by atoms with Crippen molar-refractivity contribution < 1.29 is 28.0 Å². The van der Waals surface area contributed by atoms with Crippen molar-refractivity contribution in [2.45, 2.75) is 12.8 Å². The van der Waals surface area contributed by atoms with Gasteiger partial charge in [-0.15, -0.1) is 8.78 Å². The van der Waals surface area contributed by atoms with Crippen LogP contribution in [0.1, 0.15) is 0 Å². The summed E-state index contributed by atoms with van der Waals surface area (Å²) < 4.78 is 35.6. The van der Waals surface area contributed by atoms with Crippen molar-refractivity contribution in [3.63, 3.8) is 0 Å². The van der Waals surface area contributed by atoms with Crippen molar-refractivity contribution >= 4 is 28.2 Å². The van der Waals surface area contributed by atoms with Gasteiger partial charge in [-0.3, -0.25) is 24.3 Å². The van der Waals surface area contributed by atoms with Gasteiger partial charge in [0.15, 0.2) is 11.5 Å². The molecule has 1 N–H and O–H groups in total. The second kappa shape index (κ2) is 6.51. The average molecular weight is 404 g/mol. The Labute approximate surface area is 159 Å². The second-order valence-electron chi connectivity index (χ2n) is 6.01. The van der Waals surface area contributed by atoms with E-state index >= 15 is 0 Å². The summed E-state index contributed by atoms with van der Waals surface area (Å²) in [5.74, 6) is -1.07. The number of hydrogen-bond acceptors (Lipinski definition) is 7. The number of carbonyl (C=O) groups excluding carboxylic acids is 1. The summed E-state index contributed by atoms with van der Waals surface area (Å²) in [5.41, 5.74) is -0.531. The molecule has 0 fully saturated rings. The van der Waals surface area contributed by atoms with Crippen LogP contribution in [0.2, 0.25) is 0 Å². The molecule has 3 aromatic rings. The normalized spacial score (nSPS) is 14.0. The van der Waals surface area contributed by atoms with Gasteiger partial charge in [0.2, 0.25) is 5.91 Å². The molecule has 2 aromatic carbocycles. The highest BCUT2D eigenvalue weighted by atomic mass is 19.3. The van der Waals surface area contributed by atoms with Crippen molar-refractivity contribution in [3.8, 4) is 11.5 Å². The molecule has 0 bridgehead atoms. The molecule has 1 aliphatic rings. The molecule has 0 aliphatic carbocycles. The Bertz CT molecular complexity index is 1230. The highest BCUT2D eigenvalue weighted by molar-refractivity contribution is 5.91. The maximum Gasteiger partial charge on any atom is 0.586 e. The Morgan fingerprint density at radius 3 is 2.72 bits per heavy atom. The number of benzene rings is 2. The summed E-state index contributed by atoms with van der Waals surface area (Å²) in [6.07, 6.45) is -2.64. The Kier molecular flexibility index (Phi) is 4.10. The van der Waals surface area contributed by atoms with Crippen molar-refractivity contribution in [1.82, 2.24) is 9.55 Å². The number of ether oxygens (including phenoxy) is 2. The minimum atomic E-state index is -3.78. The van der Waals surface area contributed by atoms with E-state index < -0.39 is 29.2 Å². The Morgan fingerprint density at radius 1 is 1.21 bits per heavy atom. The molecule has 0 spiro atoms. The number of hydrogen-bond donors (Lipinski definition) is 1. The van der Waals surface area contributed by atoms with E-state index in [4.69, 9.17) is 0 Å². The Morgan fingerprint density at radius 2 is 1.97 bits per heavy atom. The lowest BCUT2D eigenvalue weighted by molar-refractivity contribution is -0.384. The van der Waals surface area contributed by atoms with E-state index in [0.29, 0.717) is 0 Å². The molecule has 12 heteroatoms. The van der Waals surface area contributed by atoms with Crippen LogP contribution in [0.4, 0.5) is 20.2 Å². The van der Waals surface area contributed by atoms with E-state index in [1.165, 1.54) is 24.3 Å². The van der Waals surface area contributed by atoms with Gasteiger partial charge >= 0.3 is 6.29 Å². The molecule has 0 radical (unpaired) electrons. The van der Waals surface area contributed by atoms with Crippen molar-refractivity contribution in [2.75, 3.05) is 5.32 Å². The molecule has 1 amide bonds. The number of anilines is 1. The fourth-order valence-corrected chi connectivity index (χ4v) is 2.76. The summed E-state index contributed by atoms with van der Waals surface area (Å²) in [6.45, 7) is -0.449. The predicted molar refractivity (Wildman–Crippen MR) is 93.9 cm³/mol. The van der Waals surface area contributed by atoms with Gasteiger partial charge < -0.3 is 14.8 Å². The Hall–Kier alpha value is -4.09. The van der Waals surface area contributed by atoms with Gasteiger partial charge in [-0.2, -0.15) is 0 Å². The van der Waals surface area contributed by atoms with Gasteiger partial charge in [-0.25, -0.2) is 4.98 Å². The van der Waals surface area contributed by atoms with Crippen LogP contribution in [-0.2, 0) is 11.3 Å². The highest BCUT2D eigenvalue weighted by Crippen LogP contribution is 2.42. The van der Waals surface area contributed by atoms with Crippen LogP contribution >= 0.6 is 0 Å². The van der Waals surface area contributed by atoms with Crippen molar-refractivity contribution in [2.24, 2.45) is 0 Å². The highest BCUT2D eigenvalue weighted by Gasteiger charge is 2.43. The maximum absolute atomic E-state index is 13.1. The monoisotopic (exact) mass is 404 g/mol. The number of amides is 1. The van der Waals surface area contributed by atoms with Crippen LogP contribution in [0.25, 0.3) is 10.9 Å². The number of nitro groups is 1. The van der Waals surface area contributed by atoms with E-state index in [0.717, 1.165) is 23.0 Å². The smallest absolute Gasteiger partial charge is 0.395 e. The number of rotatable bonds is 4. The first-order valence-electron chi connectivity index (χ1n) is 8.05. The molecule has 0 unspecified atom stereocenters. The average Bonchev–Trinajstić information content (AvgIpc) is 2.96. The number of halogens is 2. The fraction of sp³-hybridized carbons (Fsp3) is 0.118. The molecule has 0 saturated heterocycles. The number of carbonyl (C=O) groups is 1. The van der Waals surface area contributed by atoms with E-state index in [1.807, 2.05) is 0 Å². The molecular weight excluding hydrogens is 394 g/mol. The van der Waals surface area contributed by atoms with Crippen molar-refractivity contribution in [3.05, 3.63) is 63.2 Å². The van der Waals surface area contributed by atoms with Crippen molar-refractivity contribution in [1.29, 1.82) is 0 Å². The number of nitro benzene ring substituents is 1. The van der Waals surface area contributed by atoms with Gasteiger partial charge in [-0.1, -0.05) is 0 Å². The molecule has 4 rings (SSSR count). The minimum Gasteiger partial charge on any atom is -0.395 e. The first-order valence-corrected chi connectivity index (χ1v) is 8.05. The van der Waals surface area contributed by atoms with E-state index in [9.17, 15) is 28.5 Å². The van der Waals surface area contributed by atoms with Gasteiger partial charge in [0, 0.05) is 23.9 Å². The molecule has 29 heavy (non-hydrogen) atoms. The zero-order valence-electron chi connectivity index (χ0n) is 14.3. The quantitative estimate of drug-likeness (QED) is 0.522. The Balaban J connectivity index is 1.55. The van der Waals surface area contributed by atoms with E-state index in [-0.39, 0.29) is 33.8 Å². The van der Waals surface area contributed by atoms with Crippen LogP contribution in [0.3, 0.4) is 0 Å². The summed E-state index contributed by atoms with van der Waals surface area (Å²) in [7, 11) is 0. The van der Waals surface area contributed by atoms with Gasteiger partial charge in [-0.05, 0) is 18.2 Å². The van der Waals surface area contributed by atoms with E-state index in [1.54, 1.807) is 0 Å². The van der Waals surface area contributed by atoms with Gasteiger partial charge in [0.05, 0.1) is 22.2 Å². The molecule has 10 nitrogen and oxygen atoms in total. The third-order valence-electron chi connectivity index (χ3n) is 4.02. The van der Waals surface area contributed by atoms with Crippen LogP contribution in [-0.4, -0.2) is 26.7 Å². The molecule has 1 aliphatic heterocycles. The fourth-order valence-electron chi connectivity index (χ4n) is 2.76. The summed E-state index contributed by atoms with van der Waals surface area (Å²) in [6, 6.07) is 7.31. The maximum atomic E-state index is 13.1. The molecular formula is C17H10F2N4O6. The van der Waals surface area contributed by atoms with Crippen LogP contribution in [0.5, 0.6) is 11.5 Å². The zero-order chi connectivity index (χ0) is 20.8. The predicted octanol–water partition coefficient (Wildman–Crippen LogP) is 2.26. The molecule has 0 saturated carbocycles. The number of non-ortho nitro benzene ring substituents is 1. The standard InChI is InChI=1S/C17H10F2N4O6/c18-17(19)28-13-4-1-9(5-14(13)29-17)21-15(24)7-22-8-20-12-3-2-10(23(26)27)6-11(12)16(22)25/h1-6,8H,7H2,(H,21,24). The first-order chi connectivity index (χ1) is 13.7. The second-order valence-corrected chi connectivity index (χ2v) is 6.01. The number of nitrogens with one attached hydrogen (secondary N) is 1. The SMILES string of the molecule is O=C(Cn1cnc2ccc([N+](=O)[O-])cc2c1=O)Nc1ccc2c(c1)OC(F)(F)O2. The lowest BCUT2D eigenvalue weighted by atomic mass is 10.2. The number of alkyl halides is 2. The topological polar surface area (TPSA) is 126 Å². The zero-order valence-corrected chi connectivity index (χ0v) is 14.3. The van der Waals surface area contributed by atoms with Crippen LogP contribution in [0, 0.1) is 10.1 Å². The van der Waals surface area contributed by atoms with Gasteiger partial charge in [0.25, 0.3) is 11.2 Å². The summed E-state index contributed by atoms with van der Waals surface area (Å²) in [5, 5.41) is 13.3. The first kappa shape index (κ1) is 18.3. The van der Waals surface area contributed by atoms with Gasteiger partial charge in [0.1, 0.15) is 6.54 Å². The molecule has 148 valence electrons. The molecule has 2 heterocycles. The van der Waals surface area contributed by atoms with E-state index in [2.05, 4.69) is 19.8 Å². The lowest BCUT2D eigenvalue weighted by Crippen LogP contribution is -2.28. The van der Waals surface area contributed by atoms with Crippen LogP contribution in [0.15, 0.2) is 47.5 Å². The minimum absolute atomic E-state index is 0.0141. The number of aromatic nitrogens is 2. The molecule has 0 atom stereocenters. The lowest BCUT2D eigenvalue weighted by Gasteiger charge is -2.08. The molecule has 1 aromatic heterocycles. The number of fused-ring (bicyclic) bond motifs is 2. The van der Waals surface area contributed by atoms with Crippen LogP contribution < -0.4 is 20.3 Å². The largest absolute Gasteiger partial charge is 0.586 e. The summed E-state index contributed by atoms with van der Waals surface area (Å²) >= 11 is 0. The summed E-state index contributed by atoms with van der Waals surface area (Å²) in [4.78, 5) is 39.0. The number of nitrogens with zero attached hydrogens (tertiary/aromatic N) is 3.